The number of nitrogens with zero attached hydrogens (tertiary/aromatic N) is 2. The van der Waals surface area contributed by atoms with Gasteiger partial charge in [-0.15, -0.1) is 0 Å². The molecule has 0 aliphatic carbocycles. The first-order chi connectivity index (χ1) is 11.7. The molecule has 0 saturated carbocycles. The van der Waals surface area contributed by atoms with Crippen LogP contribution < -0.4 is 5.32 Å². The van der Waals surface area contributed by atoms with Crippen molar-refractivity contribution in [3.63, 3.8) is 0 Å². The van der Waals surface area contributed by atoms with Gasteiger partial charge in [0.25, 0.3) is 5.91 Å². The third kappa shape index (κ3) is 2.63. The molecule has 4 rings (SSSR count). The van der Waals surface area contributed by atoms with Crippen LogP contribution in [0.15, 0.2) is 63.9 Å². The average molecular weight is 340 g/mol. The molecule has 3 heterocycles. The van der Waals surface area contributed by atoms with E-state index in [4.69, 9.17) is 20.4 Å². The molecular formula is C17H10ClN3O3. The Morgan fingerprint density at radius 3 is 2.92 bits per heavy atom. The zero-order chi connectivity index (χ0) is 16.5. The van der Waals surface area contributed by atoms with E-state index in [2.05, 4.69) is 15.3 Å². The minimum absolute atomic E-state index is 0.199. The first-order valence-electron chi connectivity index (χ1n) is 7.06. The van der Waals surface area contributed by atoms with E-state index in [1.807, 2.05) is 0 Å². The van der Waals surface area contributed by atoms with E-state index in [0.29, 0.717) is 33.3 Å². The fraction of sp³-hybridized carbons (Fsp3) is 0. The second-order valence-electron chi connectivity index (χ2n) is 4.99. The number of anilines is 1. The van der Waals surface area contributed by atoms with Crippen molar-refractivity contribution in [2.45, 2.75) is 0 Å². The lowest BCUT2D eigenvalue weighted by Crippen LogP contribution is -2.11. The van der Waals surface area contributed by atoms with Gasteiger partial charge in [0, 0.05) is 17.8 Å². The number of rotatable bonds is 3. The number of benzene rings is 1. The van der Waals surface area contributed by atoms with E-state index < -0.39 is 0 Å². The molecule has 0 spiro atoms. The van der Waals surface area contributed by atoms with Crippen molar-refractivity contribution in [1.29, 1.82) is 0 Å². The first kappa shape index (κ1) is 14.5. The van der Waals surface area contributed by atoms with Gasteiger partial charge >= 0.3 is 0 Å². The molecule has 7 heteroatoms. The van der Waals surface area contributed by atoms with Crippen LogP contribution in [0.1, 0.15) is 10.6 Å². The Hall–Kier alpha value is -3.12. The molecule has 118 valence electrons. The number of pyridine rings is 1. The molecule has 0 radical (unpaired) electrons. The largest absolute Gasteiger partial charge is 0.459 e. The summed E-state index contributed by atoms with van der Waals surface area (Å²) in [6.45, 7) is 0. The third-order valence-electron chi connectivity index (χ3n) is 3.40. The highest BCUT2D eigenvalue weighted by Gasteiger charge is 2.14. The Bertz CT molecular complexity index is 992. The minimum atomic E-state index is -0.388. The van der Waals surface area contributed by atoms with Crippen molar-refractivity contribution in [3.05, 3.63) is 65.8 Å². The number of furan rings is 1. The standard InChI is InChI=1S/C17H10ClN3O3/c18-11-4-3-10(17-21-13-9-19-6-5-14(13)24-17)8-12(11)20-16(22)15-2-1-7-23-15/h1-9H,(H,20,22). The fourth-order valence-electron chi connectivity index (χ4n) is 2.25. The Balaban J connectivity index is 1.69. The first-order valence-corrected chi connectivity index (χ1v) is 7.44. The Labute approximate surface area is 141 Å². The fourth-order valence-corrected chi connectivity index (χ4v) is 2.41. The molecule has 24 heavy (non-hydrogen) atoms. The second-order valence-corrected chi connectivity index (χ2v) is 5.40. The summed E-state index contributed by atoms with van der Waals surface area (Å²) in [6.07, 6.45) is 4.69. The summed E-state index contributed by atoms with van der Waals surface area (Å²) in [4.78, 5) is 20.5. The van der Waals surface area contributed by atoms with Crippen molar-refractivity contribution < 1.29 is 13.6 Å². The zero-order valence-corrected chi connectivity index (χ0v) is 12.9. The molecule has 6 nitrogen and oxygen atoms in total. The monoisotopic (exact) mass is 339 g/mol. The third-order valence-corrected chi connectivity index (χ3v) is 3.73. The molecular weight excluding hydrogens is 330 g/mol. The zero-order valence-electron chi connectivity index (χ0n) is 12.2. The normalized spacial score (nSPS) is 10.9. The SMILES string of the molecule is O=C(Nc1cc(-c2nc3cnccc3o2)ccc1Cl)c1ccco1. The van der Waals surface area contributed by atoms with Crippen LogP contribution in [-0.2, 0) is 0 Å². The smallest absolute Gasteiger partial charge is 0.291 e. The molecule has 0 bridgehead atoms. The molecule has 0 unspecified atom stereocenters. The van der Waals surface area contributed by atoms with Crippen LogP contribution in [0, 0.1) is 0 Å². The quantitative estimate of drug-likeness (QED) is 0.598. The number of halogens is 1. The molecule has 1 N–H and O–H groups in total. The van der Waals surface area contributed by atoms with E-state index in [0.717, 1.165) is 0 Å². The van der Waals surface area contributed by atoms with Crippen molar-refractivity contribution >= 4 is 34.3 Å². The lowest BCUT2D eigenvalue weighted by molar-refractivity contribution is 0.0996. The Kier molecular flexibility index (Phi) is 3.51. The number of carbonyl (C=O) groups is 1. The maximum absolute atomic E-state index is 12.1. The summed E-state index contributed by atoms with van der Waals surface area (Å²) < 4.78 is 10.8. The van der Waals surface area contributed by atoms with Gasteiger partial charge in [0.1, 0.15) is 5.52 Å². The average Bonchev–Trinajstić information content (AvgIpc) is 3.26. The van der Waals surface area contributed by atoms with Crippen LogP contribution in [0.5, 0.6) is 0 Å². The number of nitrogens with one attached hydrogen (secondary N) is 1. The minimum Gasteiger partial charge on any atom is -0.459 e. The maximum Gasteiger partial charge on any atom is 0.291 e. The maximum atomic E-state index is 12.1. The van der Waals surface area contributed by atoms with Crippen LogP contribution in [0.2, 0.25) is 5.02 Å². The van der Waals surface area contributed by atoms with E-state index in [-0.39, 0.29) is 11.7 Å². The molecule has 0 atom stereocenters. The summed E-state index contributed by atoms with van der Waals surface area (Å²) >= 11 is 6.16. The topological polar surface area (TPSA) is 81.2 Å². The number of oxazole rings is 1. The van der Waals surface area contributed by atoms with E-state index in [1.54, 1.807) is 48.8 Å². The lowest BCUT2D eigenvalue weighted by atomic mass is 10.2. The van der Waals surface area contributed by atoms with Crippen molar-refractivity contribution in [1.82, 2.24) is 9.97 Å². The molecule has 1 amide bonds. The number of carbonyl (C=O) groups excluding carboxylic acids is 1. The Morgan fingerprint density at radius 1 is 1.21 bits per heavy atom. The molecule has 0 aliphatic heterocycles. The van der Waals surface area contributed by atoms with Crippen LogP contribution in [0.3, 0.4) is 0 Å². The second kappa shape index (κ2) is 5.82. The number of aromatic nitrogens is 2. The van der Waals surface area contributed by atoms with Gasteiger partial charge in [-0.25, -0.2) is 4.98 Å². The van der Waals surface area contributed by atoms with E-state index in [9.17, 15) is 4.79 Å². The molecule has 0 saturated heterocycles. The van der Waals surface area contributed by atoms with Gasteiger partial charge < -0.3 is 14.2 Å². The highest BCUT2D eigenvalue weighted by atomic mass is 35.5. The predicted molar refractivity (Wildman–Crippen MR) is 88.9 cm³/mol. The van der Waals surface area contributed by atoms with Crippen LogP contribution in [0.25, 0.3) is 22.6 Å². The predicted octanol–water partition coefficient (Wildman–Crippen LogP) is 4.39. The Morgan fingerprint density at radius 2 is 2.12 bits per heavy atom. The van der Waals surface area contributed by atoms with Crippen molar-refractivity contribution in [3.8, 4) is 11.5 Å². The summed E-state index contributed by atoms with van der Waals surface area (Å²) in [5, 5.41) is 3.11. The van der Waals surface area contributed by atoms with Gasteiger partial charge in [-0.2, -0.15) is 0 Å². The highest BCUT2D eigenvalue weighted by Crippen LogP contribution is 2.30. The summed E-state index contributed by atoms with van der Waals surface area (Å²) in [6, 6.07) is 10.1. The van der Waals surface area contributed by atoms with Gasteiger partial charge in [-0.1, -0.05) is 11.6 Å². The summed E-state index contributed by atoms with van der Waals surface area (Å²) in [5.41, 5.74) is 2.42. The molecule has 0 fully saturated rings. The van der Waals surface area contributed by atoms with Crippen LogP contribution >= 0.6 is 11.6 Å². The molecule has 4 aromatic rings. The number of hydrogen-bond donors (Lipinski definition) is 1. The van der Waals surface area contributed by atoms with Gasteiger partial charge in [-0.05, 0) is 30.3 Å². The van der Waals surface area contributed by atoms with Gasteiger partial charge in [-0.3, -0.25) is 9.78 Å². The van der Waals surface area contributed by atoms with E-state index in [1.165, 1.54) is 6.26 Å². The highest BCUT2D eigenvalue weighted by molar-refractivity contribution is 6.34. The molecule has 1 aromatic carbocycles. The number of amides is 1. The van der Waals surface area contributed by atoms with Gasteiger partial charge in [0.15, 0.2) is 11.3 Å². The van der Waals surface area contributed by atoms with Gasteiger partial charge in [0.05, 0.1) is 23.2 Å². The summed E-state index contributed by atoms with van der Waals surface area (Å²) in [7, 11) is 0. The molecule has 3 aromatic heterocycles. The van der Waals surface area contributed by atoms with Gasteiger partial charge in [0.2, 0.25) is 5.89 Å². The lowest BCUT2D eigenvalue weighted by Gasteiger charge is -2.07. The van der Waals surface area contributed by atoms with Crippen molar-refractivity contribution in [2.24, 2.45) is 0 Å². The van der Waals surface area contributed by atoms with Crippen LogP contribution in [-0.4, -0.2) is 15.9 Å². The number of fused-ring (bicyclic) bond motifs is 1. The van der Waals surface area contributed by atoms with E-state index >= 15 is 0 Å². The summed E-state index contributed by atoms with van der Waals surface area (Å²) in [5.74, 6) is 0.230. The number of hydrogen-bond acceptors (Lipinski definition) is 5. The molecule has 0 aliphatic rings. The van der Waals surface area contributed by atoms with Crippen molar-refractivity contribution in [2.75, 3.05) is 5.32 Å². The van der Waals surface area contributed by atoms with Crippen LogP contribution in [0.4, 0.5) is 5.69 Å².